The van der Waals surface area contributed by atoms with Crippen LogP contribution in [0.3, 0.4) is 0 Å². The Morgan fingerprint density at radius 2 is 2.24 bits per heavy atom. The van der Waals surface area contributed by atoms with E-state index in [-0.39, 0.29) is 17.3 Å². The highest BCUT2D eigenvalue weighted by Gasteiger charge is 2.19. The van der Waals surface area contributed by atoms with Crippen LogP contribution in [0.25, 0.3) is 0 Å². The summed E-state index contributed by atoms with van der Waals surface area (Å²) in [6.07, 6.45) is 2.30. The smallest absolute Gasteiger partial charge is 0.312 e. The second kappa shape index (κ2) is 6.98. The van der Waals surface area contributed by atoms with Crippen LogP contribution in [0.4, 0.5) is 11.5 Å². The summed E-state index contributed by atoms with van der Waals surface area (Å²) in [6.45, 7) is 2.81. The maximum absolute atomic E-state index is 11.0. The number of halogens is 1. The molecule has 1 heterocycles. The molecule has 2 rings (SSSR count). The van der Waals surface area contributed by atoms with Gasteiger partial charge < -0.3 is 10.1 Å². The van der Waals surface area contributed by atoms with Crippen LogP contribution in [0.2, 0.25) is 0 Å². The zero-order valence-electron chi connectivity index (χ0n) is 11.2. The van der Waals surface area contributed by atoms with Crippen molar-refractivity contribution in [2.24, 2.45) is 0 Å². The van der Waals surface area contributed by atoms with Gasteiger partial charge in [0.15, 0.2) is 0 Å². The summed E-state index contributed by atoms with van der Waals surface area (Å²) in [5, 5.41) is 14.1. The number of ether oxygens (including phenoxy) is 1. The monoisotopic (exact) mass is 352 g/mol. The van der Waals surface area contributed by atoms with Gasteiger partial charge in [0.25, 0.3) is 0 Å². The fraction of sp³-hybridized carbons (Fsp3) is 0.231. The van der Waals surface area contributed by atoms with Crippen molar-refractivity contribution in [3.05, 3.63) is 45.2 Å². The average Bonchev–Trinajstić information content (AvgIpc) is 2.47. The molecule has 0 bridgehead atoms. The molecule has 0 saturated carbocycles. The molecule has 0 amide bonds. The molecule has 7 nitrogen and oxygen atoms in total. The number of anilines is 1. The summed E-state index contributed by atoms with van der Waals surface area (Å²) in [5.74, 6) is 0.956. The summed E-state index contributed by atoms with van der Waals surface area (Å²) in [5.41, 5.74) is -0.133. The van der Waals surface area contributed by atoms with Crippen LogP contribution in [0, 0.1) is 10.1 Å². The molecule has 1 aromatic heterocycles. The van der Waals surface area contributed by atoms with Gasteiger partial charge in [-0.15, -0.1) is 0 Å². The number of hydrogen-bond donors (Lipinski definition) is 1. The lowest BCUT2D eigenvalue weighted by Gasteiger charge is -2.08. The zero-order chi connectivity index (χ0) is 15.2. The summed E-state index contributed by atoms with van der Waals surface area (Å²) in [4.78, 5) is 18.5. The van der Waals surface area contributed by atoms with Gasteiger partial charge in [0, 0.05) is 18.7 Å². The molecule has 0 saturated heterocycles. The summed E-state index contributed by atoms with van der Waals surface area (Å²) in [7, 11) is 0. The zero-order valence-corrected chi connectivity index (χ0v) is 12.8. The van der Waals surface area contributed by atoms with Crippen molar-refractivity contribution in [2.45, 2.75) is 13.3 Å². The largest absolute Gasteiger partial charge is 0.430 e. The van der Waals surface area contributed by atoms with Crippen LogP contribution in [0.5, 0.6) is 11.6 Å². The van der Waals surface area contributed by atoms with Crippen LogP contribution >= 0.6 is 15.9 Å². The lowest BCUT2D eigenvalue weighted by Crippen LogP contribution is -2.03. The predicted octanol–water partition coefficient (Wildman–Crippen LogP) is 3.76. The number of para-hydroxylation sites is 1. The second-order valence-electron chi connectivity index (χ2n) is 4.12. The highest BCUT2D eigenvalue weighted by molar-refractivity contribution is 9.10. The molecule has 0 radical (unpaired) electrons. The van der Waals surface area contributed by atoms with E-state index in [4.69, 9.17) is 4.74 Å². The normalized spacial score (nSPS) is 10.2. The van der Waals surface area contributed by atoms with Gasteiger partial charge in [0.2, 0.25) is 11.6 Å². The first-order chi connectivity index (χ1) is 10.1. The predicted molar refractivity (Wildman–Crippen MR) is 81.7 cm³/mol. The van der Waals surface area contributed by atoms with Crippen LogP contribution in [0.1, 0.15) is 13.3 Å². The van der Waals surface area contributed by atoms with Crippen LogP contribution < -0.4 is 10.1 Å². The Labute approximate surface area is 129 Å². The standard InChI is InChI=1S/C13H13BrN4O3/c1-2-6-15-11-7-12(17-8-16-11)21-13-9(14)4-3-5-10(13)18(19)20/h3-5,7-8H,2,6H2,1H3,(H,15,16,17). The number of nitrogens with zero attached hydrogens (tertiary/aromatic N) is 3. The van der Waals surface area contributed by atoms with E-state index in [0.29, 0.717) is 10.3 Å². The maximum atomic E-state index is 11.0. The summed E-state index contributed by atoms with van der Waals surface area (Å²) in [6, 6.07) is 6.21. The molecule has 0 spiro atoms. The number of benzene rings is 1. The minimum absolute atomic E-state index is 0.114. The lowest BCUT2D eigenvalue weighted by atomic mass is 10.3. The van der Waals surface area contributed by atoms with E-state index in [1.165, 1.54) is 12.4 Å². The summed E-state index contributed by atoms with van der Waals surface area (Å²) >= 11 is 3.24. The van der Waals surface area contributed by atoms with Gasteiger partial charge in [-0.2, -0.15) is 0 Å². The van der Waals surface area contributed by atoms with Gasteiger partial charge in [-0.05, 0) is 28.4 Å². The molecular formula is C13H13BrN4O3. The van der Waals surface area contributed by atoms with Crippen molar-refractivity contribution in [2.75, 3.05) is 11.9 Å². The quantitative estimate of drug-likeness (QED) is 0.628. The molecular weight excluding hydrogens is 340 g/mol. The van der Waals surface area contributed by atoms with Crippen molar-refractivity contribution in [1.82, 2.24) is 9.97 Å². The van der Waals surface area contributed by atoms with Gasteiger partial charge in [0.1, 0.15) is 12.1 Å². The average molecular weight is 353 g/mol. The van der Waals surface area contributed by atoms with E-state index in [9.17, 15) is 10.1 Å². The van der Waals surface area contributed by atoms with Crippen LogP contribution in [0.15, 0.2) is 35.1 Å². The Morgan fingerprint density at radius 1 is 1.43 bits per heavy atom. The fourth-order valence-corrected chi connectivity index (χ4v) is 2.03. The lowest BCUT2D eigenvalue weighted by molar-refractivity contribution is -0.385. The van der Waals surface area contributed by atoms with Crippen molar-refractivity contribution in [1.29, 1.82) is 0 Å². The van der Waals surface area contributed by atoms with Crippen molar-refractivity contribution in [3.63, 3.8) is 0 Å². The van der Waals surface area contributed by atoms with E-state index in [1.807, 2.05) is 6.92 Å². The molecule has 21 heavy (non-hydrogen) atoms. The SMILES string of the molecule is CCCNc1cc(Oc2c(Br)cccc2[N+](=O)[O-])ncn1. The minimum atomic E-state index is -0.502. The number of nitro groups is 1. The number of aromatic nitrogens is 2. The van der Waals surface area contributed by atoms with E-state index in [2.05, 4.69) is 31.2 Å². The van der Waals surface area contributed by atoms with Gasteiger partial charge in [-0.1, -0.05) is 13.0 Å². The van der Waals surface area contributed by atoms with Crippen molar-refractivity contribution >= 4 is 27.4 Å². The van der Waals surface area contributed by atoms with Gasteiger partial charge >= 0.3 is 5.69 Å². The third-order valence-electron chi connectivity index (χ3n) is 2.55. The summed E-state index contributed by atoms with van der Waals surface area (Å²) < 4.78 is 6.03. The molecule has 0 unspecified atom stereocenters. The van der Waals surface area contributed by atoms with Gasteiger partial charge in [-0.25, -0.2) is 9.97 Å². The number of hydrogen-bond acceptors (Lipinski definition) is 6. The Morgan fingerprint density at radius 3 is 2.95 bits per heavy atom. The molecule has 0 atom stereocenters. The first kappa shape index (κ1) is 15.2. The van der Waals surface area contributed by atoms with Crippen molar-refractivity contribution < 1.29 is 9.66 Å². The molecule has 110 valence electrons. The number of nitro benzene ring substituents is 1. The Balaban J connectivity index is 2.28. The van der Waals surface area contributed by atoms with Crippen LogP contribution in [-0.2, 0) is 0 Å². The third kappa shape index (κ3) is 3.88. The van der Waals surface area contributed by atoms with E-state index >= 15 is 0 Å². The number of rotatable bonds is 6. The first-order valence-corrected chi connectivity index (χ1v) is 7.07. The topological polar surface area (TPSA) is 90.2 Å². The van der Waals surface area contributed by atoms with E-state index in [1.54, 1.807) is 18.2 Å². The van der Waals surface area contributed by atoms with E-state index < -0.39 is 4.92 Å². The maximum Gasteiger partial charge on any atom is 0.312 e. The highest BCUT2D eigenvalue weighted by atomic mass is 79.9. The molecule has 8 heteroatoms. The first-order valence-electron chi connectivity index (χ1n) is 6.28. The third-order valence-corrected chi connectivity index (χ3v) is 3.17. The molecule has 1 aromatic carbocycles. The molecule has 1 N–H and O–H groups in total. The molecule has 0 aliphatic carbocycles. The van der Waals surface area contributed by atoms with Crippen LogP contribution in [-0.4, -0.2) is 21.4 Å². The Bertz CT molecular complexity index is 651. The fourth-order valence-electron chi connectivity index (χ4n) is 1.59. The van der Waals surface area contributed by atoms with Crippen molar-refractivity contribution in [3.8, 4) is 11.6 Å². The molecule has 2 aromatic rings. The molecule has 0 aliphatic heterocycles. The Hall–Kier alpha value is -2.22. The van der Waals surface area contributed by atoms with Gasteiger partial charge in [-0.3, -0.25) is 10.1 Å². The second-order valence-corrected chi connectivity index (χ2v) is 4.97. The Kier molecular flexibility index (Phi) is 5.04. The number of nitrogens with one attached hydrogen (secondary N) is 1. The minimum Gasteiger partial charge on any atom is -0.430 e. The molecule has 0 aliphatic rings. The highest BCUT2D eigenvalue weighted by Crippen LogP contribution is 2.37. The van der Waals surface area contributed by atoms with E-state index in [0.717, 1.165) is 13.0 Å². The molecule has 0 fully saturated rings. The van der Waals surface area contributed by atoms with Gasteiger partial charge in [0.05, 0.1) is 9.40 Å².